The average Bonchev–Trinajstić information content (AvgIpc) is 3.20. The number of nitrogens with two attached hydrogens (primary N) is 1. The summed E-state index contributed by atoms with van der Waals surface area (Å²) in [6, 6.07) is 9.65. The van der Waals surface area contributed by atoms with Crippen molar-refractivity contribution in [2.24, 2.45) is 0 Å². The third-order valence-electron chi connectivity index (χ3n) is 5.49. The normalized spacial score (nSPS) is 15.0. The van der Waals surface area contributed by atoms with Crippen molar-refractivity contribution in [1.29, 1.82) is 5.41 Å². The molecule has 4 rings (SSSR count). The van der Waals surface area contributed by atoms with E-state index in [2.05, 4.69) is 21.4 Å². The molecule has 1 saturated heterocycles. The predicted octanol–water partition coefficient (Wildman–Crippen LogP) is 4.88. The molecule has 0 radical (unpaired) electrons. The summed E-state index contributed by atoms with van der Waals surface area (Å²) in [6.07, 6.45) is 4.66. The summed E-state index contributed by atoms with van der Waals surface area (Å²) in [5, 5.41) is 11.9. The van der Waals surface area contributed by atoms with Crippen LogP contribution in [-0.4, -0.2) is 50.1 Å². The Morgan fingerprint density at radius 1 is 1.32 bits per heavy atom. The number of pyridine rings is 1. The molecule has 0 saturated carbocycles. The minimum absolute atomic E-state index is 0.161. The van der Waals surface area contributed by atoms with Crippen molar-refractivity contribution in [3.63, 3.8) is 0 Å². The molecule has 3 aromatic rings. The maximum atomic E-state index is 12.2. The molecule has 5 N–H and O–H groups in total. The van der Waals surface area contributed by atoms with Gasteiger partial charge >= 0.3 is 143 Å². The summed E-state index contributed by atoms with van der Waals surface area (Å²) < 4.78 is 5.47. The fourth-order valence-corrected chi connectivity index (χ4v) is 4.90. The average molecular weight is 534 g/mol. The second kappa shape index (κ2) is 9.13. The van der Waals surface area contributed by atoms with Crippen LogP contribution in [0, 0.1) is 5.41 Å². The van der Waals surface area contributed by atoms with Crippen molar-refractivity contribution in [2.45, 2.75) is 18.8 Å². The number of nitrogens with zero attached hydrogens (tertiary/aromatic N) is 2. The Morgan fingerprint density at radius 2 is 2.10 bits per heavy atom. The molecule has 2 aromatic heterocycles. The van der Waals surface area contributed by atoms with Crippen LogP contribution in [0.2, 0.25) is 0 Å². The molecule has 1 aliphatic rings. The molecular weight excluding hydrogens is 507 g/mol. The van der Waals surface area contributed by atoms with Gasteiger partial charge in [0.2, 0.25) is 0 Å². The van der Waals surface area contributed by atoms with Gasteiger partial charge in [0.1, 0.15) is 0 Å². The number of hydrogen-bond donors (Lipinski definition) is 4. The second-order valence-electron chi connectivity index (χ2n) is 7.75. The number of carbonyl (C=O) groups excluding carboxylic acids is 1. The number of nitrogen functional groups attached to an aromatic ring is 1. The maximum absolute atomic E-state index is 12.2. The number of rotatable bonds is 5. The van der Waals surface area contributed by atoms with E-state index in [0.717, 1.165) is 40.9 Å². The number of anilines is 3. The van der Waals surface area contributed by atoms with Crippen LogP contribution in [0.5, 0.6) is 0 Å². The molecule has 164 valence electrons. The van der Waals surface area contributed by atoms with Crippen molar-refractivity contribution < 1.29 is 7.86 Å². The summed E-state index contributed by atoms with van der Waals surface area (Å²) in [6.45, 7) is 1.42. The van der Waals surface area contributed by atoms with Crippen LogP contribution in [0.4, 0.5) is 21.9 Å². The molecule has 0 bridgehead atoms. The summed E-state index contributed by atoms with van der Waals surface area (Å²) in [4.78, 5) is 26.0. The number of nitrogens with one attached hydrogen (secondary N) is 3. The number of alkyl halides is 2. The van der Waals surface area contributed by atoms with Gasteiger partial charge in [-0.25, -0.2) is 0 Å². The van der Waals surface area contributed by atoms with E-state index in [1.54, 1.807) is 12.3 Å². The standard InChI is InChI=1S/C22H27IN6O2/c1-23(2)31-22(30)29-9-6-14(7-10-29)20-12-17-19(5-8-26-21(17)28-20)27-16-3-4-18(25)15(11-16)13-24/h3-5,8,11-14,24H,6-7,9-10,25H2,1-2H3,(H2,26,27,28). The molecule has 0 spiro atoms. The number of carbonyl (C=O) groups is 1. The quantitative estimate of drug-likeness (QED) is 0.161. The number of aromatic amines is 1. The van der Waals surface area contributed by atoms with Crippen molar-refractivity contribution in [3.05, 3.63) is 47.8 Å². The first-order chi connectivity index (χ1) is 14.9. The van der Waals surface area contributed by atoms with Gasteiger partial charge in [-0.05, 0) is 18.2 Å². The van der Waals surface area contributed by atoms with Crippen LogP contribution in [0.25, 0.3) is 11.0 Å². The molecule has 1 aromatic carbocycles. The molecular formula is C22H27IN6O2. The Balaban J connectivity index is 1.51. The summed E-state index contributed by atoms with van der Waals surface area (Å²) >= 11 is -1.53. The fraction of sp³-hybridized carbons (Fsp3) is 0.318. The Labute approximate surface area is 189 Å². The van der Waals surface area contributed by atoms with Crippen LogP contribution in [0.1, 0.15) is 30.0 Å². The van der Waals surface area contributed by atoms with E-state index in [4.69, 9.17) is 14.2 Å². The SMILES string of the molecule is CI(C)OC(=O)N1CCC(c2cc3c(Nc4ccc(N)c(C=N)c4)ccnc3[nH]2)CC1. The van der Waals surface area contributed by atoms with Gasteiger partial charge in [0.25, 0.3) is 0 Å². The van der Waals surface area contributed by atoms with Crippen molar-refractivity contribution >= 4 is 60.6 Å². The van der Waals surface area contributed by atoms with Gasteiger partial charge in [-0.3, -0.25) is 0 Å². The zero-order valence-electron chi connectivity index (χ0n) is 17.6. The number of amides is 1. The first-order valence-electron chi connectivity index (χ1n) is 10.1. The first kappa shape index (κ1) is 21.4. The zero-order chi connectivity index (χ0) is 22.0. The molecule has 3 heterocycles. The van der Waals surface area contributed by atoms with E-state index in [0.29, 0.717) is 30.3 Å². The first-order valence-corrected chi connectivity index (χ1v) is 15.3. The van der Waals surface area contributed by atoms with E-state index >= 15 is 0 Å². The number of benzene rings is 1. The van der Waals surface area contributed by atoms with Crippen LogP contribution < -0.4 is 11.1 Å². The third-order valence-corrected chi connectivity index (χ3v) is 6.74. The Morgan fingerprint density at radius 3 is 2.81 bits per heavy atom. The molecule has 31 heavy (non-hydrogen) atoms. The minimum atomic E-state index is -1.53. The van der Waals surface area contributed by atoms with Gasteiger partial charge in [-0.2, -0.15) is 0 Å². The number of likely N-dealkylation sites (tertiary alicyclic amines) is 1. The van der Waals surface area contributed by atoms with Gasteiger partial charge in [0.15, 0.2) is 0 Å². The summed E-state index contributed by atoms with van der Waals surface area (Å²) in [5.74, 6) is 0.352. The molecule has 1 aliphatic heterocycles. The number of hydrogen-bond acceptors (Lipinski definition) is 6. The summed E-state index contributed by atoms with van der Waals surface area (Å²) in [5.41, 5.74) is 10.9. The Kier molecular flexibility index (Phi) is 6.30. The number of halogens is 1. The van der Waals surface area contributed by atoms with E-state index in [-0.39, 0.29) is 6.09 Å². The predicted molar refractivity (Wildman–Crippen MR) is 134 cm³/mol. The topological polar surface area (TPSA) is 120 Å². The van der Waals surface area contributed by atoms with Gasteiger partial charge in [0.05, 0.1) is 0 Å². The monoisotopic (exact) mass is 534 g/mol. The van der Waals surface area contributed by atoms with Crippen LogP contribution >= 0.6 is 20.2 Å². The van der Waals surface area contributed by atoms with Gasteiger partial charge in [0, 0.05) is 17.5 Å². The van der Waals surface area contributed by atoms with E-state index < -0.39 is 20.2 Å². The molecule has 9 heteroatoms. The van der Waals surface area contributed by atoms with Gasteiger partial charge in [-0.1, -0.05) is 0 Å². The fourth-order valence-electron chi connectivity index (χ4n) is 3.86. The van der Waals surface area contributed by atoms with E-state index in [1.807, 2.05) is 33.0 Å². The van der Waals surface area contributed by atoms with Gasteiger partial charge in [-0.15, -0.1) is 0 Å². The van der Waals surface area contributed by atoms with Crippen LogP contribution in [0.15, 0.2) is 36.5 Å². The molecule has 0 atom stereocenters. The summed E-state index contributed by atoms with van der Waals surface area (Å²) in [7, 11) is 0. The zero-order valence-corrected chi connectivity index (χ0v) is 19.8. The Hall–Kier alpha value is -2.82. The van der Waals surface area contributed by atoms with Gasteiger partial charge < -0.3 is 11.1 Å². The molecule has 0 aliphatic carbocycles. The van der Waals surface area contributed by atoms with Crippen molar-refractivity contribution in [3.8, 4) is 0 Å². The van der Waals surface area contributed by atoms with E-state index in [1.165, 1.54) is 6.21 Å². The number of H-pyrrole nitrogens is 1. The second-order valence-corrected chi connectivity index (χ2v) is 12.1. The van der Waals surface area contributed by atoms with Crippen molar-refractivity contribution in [2.75, 3.05) is 34.0 Å². The Bertz CT molecular complexity index is 1100. The number of aromatic nitrogens is 2. The van der Waals surface area contributed by atoms with Crippen LogP contribution in [0.3, 0.4) is 0 Å². The van der Waals surface area contributed by atoms with E-state index in [9.17, 15) is 4.79 Å². The molecule has 1 amide bonds. The third kappa shape index (κ3) is 4.76. The van der Waals surface area contributed by atoms with Crippen molar-refractivity contribution in [1.82, 2.24) is 14.9 Å². The number of fused-ring (bicyclic) bond motifs is 1. The molecule has 1 fully saturated rings. The number of piperidine rings is 1. The molecule has 0 unspecified atom stereocenters. The molecule has 8 nitrogen and oxygen atoms in total. The van der Waals surface area contributed by atoms with Crippen LogP contribution in [-0.2, 0) is 3.07 Å².